The number of sulfonamides is 1. The van der Waals surface area contributed by atoms with E-state index in [1.807, 2.05) is 31.2 Å². The predicted octanol–water partition coefficient (Wildman–Crippen LogP) is 3.42. The highest BCUT2D eigenvalue weighted by Crippen LogP contribution is 2.40. The maximum Gasteiger partial charge on any atom is 0.414 e. The third-order valence-electron chi connectivity index (χ3n) is 6.59. The van der Waals surface area contributed by atoms with E-state index in [1.54, 1.807) is 23.1 Å². The van der Waals surface area contributed by atoms with Gasteiger partial charge in [0.05, 0.1) is 43.0 Å². The molecule has 2 aromatic rings. The van der Waals surface area contributed by atoms with Crippen LogP contribution in [0.25, 0.3) is 11.1 Å². The molecule has 0 bridgehead atoms. The number of nitrogens with one attached hydrogen (secondary N) is 1. The van der Waals surface area contributed by atoms with Gasteiger partial charge in [0, 0.05) is 13.6 Å². The van der Waals surface area contributed by atoms with Crippen LogP contribution in [0.15, 0.2) is 42.5 Å². The number of rotatable bonds is 4. The van der Waals surface area contributed by atoms with E-state index in [2.05, 4.69) is 5.32 Å². The maximum absolute atomic E-state index is 13.3. The van der Waals surface area contributed by atoms with Crippen molar-refractivity contribution in [1.82, 2.24) is 5.32 Å². The molecule has 2 amide bonds. The molecule has 10 nitrogen and oxygen atoms in total. The summed E-state index contributed by atoms with van der Waals surface area (Å²) in [7, 11) is -0.550. The first-order valence-corrected chi connectivity index (χ1v) is 13.7. The molecule has 2 heterocycles. The summed E-state index contributed by atoms with van der Waals surface area (Å²) >= 11 is 0. The SMILES string of the molecule is COC(=O)N1c2ccc(-c3ccc(N(C)S(C)(=O)=O)cc3)cc2N(C(=O)OC2CCCNC2)CC1C. The van der Waals surface area contributed by atoms with Gasteiger partial charge in [-0.2, -0.15) is 0 Å². The zero-order valence-corrected chi connectivity index (χ0v) is 21.7. The summed E-state index contributed by atoms with van der Waals surface area (Å²) < 4.78 is 35.7. The number of anilines is 3. The number of piperidine rings is 1. The Hall–Kier alpha value is -3.31. The van der Waals surface area contributed by atoms with Crippen LogP contribution >= 0.6 is 0 Å². The first-order chi connectivity index (χ1) is 17.1. The molecule has 1 N–H and O–H groups in total. The molecule has 2 unspecified atom stereocenters. The Morgan fingerprint density at radius 2 is 1.75 bits per heavy atom. The monoisotopic (exact) mass is 516 g/mol. The van der Waals surface area contributed by atoms with E-state index in [1.165, 1.54) is 23.4 Å². The van der Waals surface area contributed by atoms with Crippen molar-refractivity contribution in [3.05, 3.63) is 42.5 Å². The molecule has 0 aromatic heterocycles. The van der Waals surface area contributed by atoms with Gasteiger partial charge < -0.3 is 14.8 Å². The maximum atomic E-state index is 13.3. The van der Waals surface area contributed by atoms with E-state index in [9.17, 15) is 18.0 Å². The standard InChI is InChI=1S/C25H32N4O6S/c1-17-16-28(24(30)35-21-6-5-13-26-15-21)23-14-19(9-12-22(23)29(17)25(31)34-3)18-7-10-20(11-8-18)27(2)36(4,32)33/h7-12,14,17,21,26H,5-6,13,15-16H2,1-4H3. The van der Waals surface area contributed by atoms with Gasteiger partial charge in [0.1, 0.15) is 6.10 Å². The molecule has 194 valence electrons. The molecule has 0 radical (unpaired) electrons. The summed E-state index contributed by atoms with van der Waals surface area (Å²) in [6.45, 7) is 3.63. The Bertz CT molecular complexity index is 1230. The van der Waals surface area contributed by atoms with Crippen LogP contribution in [-0.2, 0) is 19.5 Å². The molecule has 1 fully saturated rings. The lowest BCUT2D eigenvalue weighted by Crippen LogP contribution is -2.53. The zero-order chi connectivity index (χ0) is 26.0. The highest BCUT2D eigenvalue weighted by Gasteiger charge is 2.37. The van der Waals surface area contributed by atoms with Crippen molar-refractivity contribution in [1.29, 1.82) is 0 Å². The molecular formula is C25H32N4O6S. The van der Waals surface area contributed by atoms with Crippen LogP contribution in [0.5, 0.6) is 0 Å². The quantitative estimate of drug-likeness (QED) is 0.663. The van der Waals surface area contributed by atoms with Gasteiger partial charge >= 0.3 is 12.2 Å². The van der Waals surface area contributed by atoms with Crippen LogP contribution in [0.2, 0.25) is 0 Å². The second-order valence-corrected chi connectivity index (χ2v) is 11.1. The summed E-state index contributed by atoms with van der Waals surface area (Å²) in [6.07, 6.45) is 1.73. The van der Waals surface area contributed by atoms with E-state index in [-0.39, 0.29) is 18.7 Å². The minimum atomic E-state index is -3.38. The van der Waals surface area contributed by atoms with Gasteiger partial charge in [0.2, 0.25) is 10.0 Å². The summed E-state index contributed by atoms with van der Waals surface area (Å²) in [5, 5.41) is 3.25. The summed E-state index contributed by atoms with van der Waals surface area (Å²) in [5.74, 6) is 0. The van der Waals surface area contributed by atoms with E-state index >= 15 is 0 Å². The number of fused-ring (bicyclic) bond motifs is 1. The van der Waals surface area contributed by atoms with Gasteiger partial charge in [-0.05, 0) is 61.7 Å². The fraction of sp³-hybridized carbons (Fsp3) is 0.440. The lowest BCUT2D eigenvalue weighted by atomic mass is 10.0. The molecule has 2 aliphatic rings. The van der Waals surface area contributed by atoms with Crippen molar-refractivity contribution in [3.63, 3.8) is 0 Å². The Morgan fingerprint density at radius 1 is 1.06 bits per heavy atom. The first kappa shape index (κ1) is 25.8. The number of amides is 2. The molecule has 0 spiro atoms. The van der Waals surface area contributed by atoms with Crippen LogP contribution in [-0.4, -0.2) is 72.8 Å². The predicted molar refractivity (Wildman–Crippen MR) is 139 cm³/mol. The lowest BCUT2D eigenvalue weighted by molar-refractivity contribution is 0.0876. The summed E-state index contributed by atoms with van der Waals surface area (Å²) in [5.41, 5.74) is 3.27. The van der Waals surface area contributed by atoms with Gasteiger partial charge in [0.25, 0.3) is 0 Å². The van der Waals surface area contributed by atoms with Gasteiger partial charge in [-0.3, -0.25) is 14.1 Å². The first-order valence-electron chi connectivity index (χ1n) is 11.8. The van der Waals surface area contributed by atoms with Crippen molar-refractivity contribution in [3.8, 4) is 11.1 Å². The number of hydrogen-bond donors (Lipinski definition) is 1. The van der Waals surface area contributed by atoms with Crippen LogP contribution in [0.3, 0.4) is 0 Å². The number of ether oxygens (including phenoxy) is 2. The minimum absolute atomic E-state index is 0.203. The fourth-order valence-electron chi connectivity index (χ4n) is 4.54. The third kappa shape index (κ3) is 5.26. The Morgan fingerprint density at radius 3 is 2.36 bits per heavy atom. The van der Waals surface area contributed by atoms with Crippen molar-refractivity contribution >= 4 is 39.3 Å². The number of nitrogens with zero attached hydrogens (tertiary/aromatic N) is 3. The van der Waals surface area contributed by atoms with E-state index in [0.717, 1.165) is 36.8 Å². The fourth-order valence-corrected chi connectivity index (χ4v) is 5.04. The molecule has 1 saturated heterocycles. The highest BCUT2D eigenvalue weighted by atomic mass is 32.2. The zero-order valence-electron chi connectivity index (χ0n) is 20.9. The van der Waals surface area contributed by atoms with Crippen LogP contribution in [0.1, 0.15) is 19.8 Å². The Kier molecular flexibility index (Phi) is 7.41. The van der Waals surface area contributed by atoms with Crippen molar-refractivity contribution in [2.75, 3.05) is 54.2 Å². The van der Waals surface area contributed by atoms with Gasteiger partial charge in [-0.15, -0.1) is 0 Å². The Balaban J connectivity index is 1.69. The molecular weight excluding hydrogens is 484 g/mol. The summed E-state index contributed by atoms with van der Waals surface area (Å²) in [4.78, 5) is 28.9. The molecule has 36 heavy (non-hydrogen) atoms. The van der Waals surface area contributed by atoms with Gasteiger partial charge in [-0.1, -0.05) is 18.2 Å². The summed E-state index contributed by atoms with van der Waals surface area (Å²) in [6, 6.07) is 12.2. The smallest absolute Gasteiger partial charge is 0.414 e. The largest absolute Gasteiger partial charge is 0.452 e. The second kappa shape index (κ2) is 10.4. The number of carbonyl (C=O) groups excluding carboxylic acids is 2. The normalized spacial score (nSPS) is 19.9. The number of hydrogen-bond acceptors (Lipinski definition) is 7. The van der Waals surface area contributed by atoms with E-state index in [4.69, 9.17) is 9.47 Å². The van der Waals surface area contributed by atoms with Crippen molar-refractivity contribution in [2.45, 2.75) is 31.9 Å². The molecule has 2 aromatic carbocycles. The number of benzene rings is 2. The van der Waals surface area contributed by atoms with Crippen molar-refractivity contribution < 1.29 is 27.5 Å². The molecule has 2 atom stereocenters. The molecule has 11 heteroatoms. The van der Waals surface area contributed by atoms with Crippen LogP contribution in [0, 0.1) is 0 Å². The highest BCUT2D eigenvalue weighted by molar-refractivity contribution is 7.92. The topological polar surface area (TPSA) is 108 Å². The Labute approximate surface area is 211 Å². The minimum Gasteiger partial charge on any atom is -0.452 e. The molecule has 2 aliphatic heterocycles. The van der Waals surface area contributed by atoms with Gasteiger partial charge in [0.15, 0.2) is 0 Å². The van der Waals surface area contributed by atoms with Crippen LogP contribution in [0.4, 0.5) is 26.7 Å². The van der Waals surface area contributed by atoms with Gasteiger partial charge in [-0.25, -0.2) is 18.0 Å². The van der Waals surface area contributed by atoms with Crippen LogP contribution < -0.4 is 19.4 Å². The molecule has 0 saturated carbocycles. The van der Waals surface area contributed by atoms with E-state index in [0.29, 0.717) is 23.6 Å². The third-order valence-corrected chi connectivity index (χ3v) is 7.79. The molecule has 0 aliphatic carbocycles. The number of methoxy groups -OCH3 is 1. The average Bonchev–Trinajstić information content (AvgIpc) is 2.87. The second-order valence-electron chi connectivity index (χ2n) is 9.13. The average molecular weight is 517 g/mol. The van der Waals surface area contributed by atoms with Crippen molar-refractivity contribution in [2.24, 2.45) is 0 Å². The number of carbonyl (C=O) groups is 2. The molecule has 4 rings (SSSR count). The lowest BCUT2D eigenvalue weighted by Gasteiger charge is -2.40. The van der Waals surface area contributed by atoms with E-state index < -0.39 is 22.2 Å².